The van der Waals surface area contributed by atoms with Gasteiger partial charge in [0.1, 0.15) is 0 Å². The molecule has 0 atom stereocenters. The number of hydrogen-bond donors (Lipinski definition) is 0. The Bertz CT molecular complexity index is 799. The van der Waals surface area contributed by atoms with Gasteiger partial charge >= 0.3 is 0 Å². The molecule has 3 nitrogen and oxygen atoms in total. The molecule has 0 aliphatic heterocycles. The van der Waals surface area contributed by atoms with Gasteiger partial charge in [0.05, 0.1) is 17.1 Å². The van der Waals surface area contributed by atoms with Gasteiger partial charge in [0.15, 0.2) is 0 Å². The monoisotopic (exact) mass is 350 g/mol. The second kappa shape index (κ2) is 8.58. The van der Waals surface area contributed by atoms with E-state index in [-0.39, 0.29) is 5.91 Å². The maximum Gasteiger partial charge on any atom is 0.233 e. The van der Waals surface area contributed by atoms with Crippen molar-refractivity contribution in [1.82, 2.24) is 4.98 Å². The van der Waals surface area contributed by atoms with Gasteiger partial charge in [0.25, 0.3) is 0 Å². The number of hydrogen-bond acceptors (Lipinski definition) is 3. The molecule has 0 saturated carbocycles. The van der Waals surface area contributed by atoms with Crippen LogP contribution in [0.25, 0.3) is 0 Å². The number of nitrogens with zero attached hydrogens (tertiary/aromatic N) is 2. The quantitative estimate of drug-likeness (QED) is 0.627. The van der Waals surface area contributed by atoms with E-state index in [9.17, 15) is 4.79 Å². The molecule has 0 radical (unpaired) electrons. The molecular formula is C21H22N2OS. The van der Waals surface area contributed by atoms with Gasteiger partial charge < -0.3 is 4.90 Å². The van der Waals surface area contributed by atoms with E-state index in [1.165, 1.54) is 5.56 Å². The van der Waals surface area contributed by atoms with Crippen LogP contribution in [-0.4, -0.2) is 17.4 Å². The number of para-hydroxylation sites is 1. The SMILES string of the molecule is CCc1nc(CC(=O)N(CCc2ccccc2)c2ccccc2)cs1. The van der Waals surface area contributed by atoms with Gasteiger partial charge in [-0.2, -0.15) is 0 Å². The van der Waals surface area contributed by atoms with Gasteiger partial charge in [-0.25, -0.2) is 4.98 Å². The molecule has 0 saturated heterocycles. The molecule has 3 aromatic rings. The molecule has 0 N–H and O–H groups in total. The molecule has 0 spiro atoms. The van der Waals surface area contributed by atoms with E-state index in [1.54, 1.807) is 11.3 Å². The number of amides is 1. The molecule has 0 fully saturated rings. The molecule has 1 heterocycles. The zero-order chi connectivity index (χ0) is 17.5. The molecule has 1 amide bonds. The van der Waals surface area contributed by atoms with Crippen LogP contribution in [0.3, 0.4) is 0 Å². The molecule has 0 aliphatic carbocycles. The van der Waals surface area contributed by atoms with Crippen molar-refractivity contribution in [3.8, 4) is 0 Å². The fourth-order valence-electron chi connectivity index (χ4n) is 2.73. The standard InChI is InChI=1S/C21H22N2OS/c1-2-20-22-18(16-25-20)15-21(24)23(19-11-7-4-8-12-19)14-13-17-9-5-3-6-10-17/h3-12,16H,2,13-15H2,1H3. The highest BCUT2D eigenvalue weighted by Gasteiger charge is 2.17. The van der Waals surface area contributed by atoms with Gasteiger partial charge in [0.2, 0.25) is 5.91 Å². The third kappa shape index (κ3) is 4.77. The summed E-state index contributed by atoms with van der Waals surface area (Å²) < 4.78 is 0. The van der Waals surface area contributed by atoms with Crippen molar-refractivity contribution in [1.29, 1.82) is 0 Å². The van der Waals surface area contributed by atoms with E-state index in [1.807, 2.05) is 58.8 Å². The first kappa shape index (κ1) is 17.4. The first-order valence-electron chi connectivity index (χ1n) is 8.59. The van der Waals surface area contributed by atoms with Gasteiger partial charge in [-0.1, -0.05) is 55.5 Å². The Kier molecular flexibility index (Phi) is 5.96. The minimum atomic E-state index is 0.0927. The molecule has 0 bridgehead atoms. The molecule has 128 valence electrons. The number of anilines is 1. The molecule has 2 aromatic carbocycles. The maximum atomic E-state index is 12.9. The summed E-state index contributed by atoms with van der Waals surface area (Å²) in [5.74, 6) is 0.0927. The second-order valence-electron chi connectivity index (χ2n) is 5.88. The fourth-order valence-corrected chi connectivity index (χ4v) is 3.48. The topological polar surface area (TPSA) is 33.2 Å². The van der Waals surface area contributed by atoms with Crippen LogP contribution in [0, 0.1) is 0 Å². The van der Waals surface area contributed by atoms with E-state index in [4.69, 9.17) is 0 Å². The largest absolute Gasteiger partial charge is 0.312 e. The summed E-state index contributed by atoms with van der Waals surface area (Å²) in [4.78, 5) is 19.3. The summed E-state index contributed by atoms with van der Waals surface area (Å²) in [6, 6.07) is 20.2. The highest BCUT2D eigenvalue weighted by atomic mass is 32.1. The highest BCUT2D eigenvalue weighted by molar-refractivity contribution is 7.09. The first-order valence-corrected chi connectivity index (χ1v) is 9.47. The van der Waals surface area contributed by atoms with Gasteiger partial charge in [0, 0.05) is 17.6 Å². The Balaban J connectivity index is 1.74. The Morgan fingerprint density at radius 2 is 1.72 bits per heavy atom. The molecule has 0 unspecified atom stereocenters. The third-order valence-corrected chi connectivity index (χ3v) is 5.11. The zero-order valence-corrected chi connectivity index (χ0v) is 15.2. The van der Waals surface area contributed by atoms with Gasteiger partial charge in [-0.05, 0) is 30.5 Å². The van der Waals surface area contributed by atoms with Crippen LogP contribution in [-0.2, 0) is 24.1 Å². The number of carbonyl (C=O) groups excluding carboxylic acids is 1. The van der Waals surface area contributed by atoms with Crippen LogP contribution in [0.15, 0.2) is 66.0 Å². The van der Waals surface area contributed by atoms with Crippen molar-refractivity contribution < 1.29 is 4.79 Å². The molecular weight excluding hydrogens is 328 g/mol. The fraction of sp³-hybridized carbons (Fsp3) is 0.238. The van der Waals surface area contributed by atoms with E-state index in [0.29, 0.717) is 13.0 Å². The lowest BCUT2D eigenvalue weighted by atomic mass is 10.1. The Morgan fingerprint density at radius 3 is 2.36 bits per heavy atom. The minimum Gasteiger partial charge on any atom is -0.312 e. The number of carbonyl (C=O) groups is 1. The van der Waals surface area contributed by atoms with Crippen LogP contribution < -0.4 is 4.90 Å². The van der Waals surface area contributed by atoms with Crippen molar-refractivity contribution in [2.45, 2.75) is 26.2 Å². The normalized spacial score (nSPS) is 10.6. The van der Waals surface area contributed by atoms with E-state index >= 15 is 0 Å². The number of aromatic nitrogens is 1. The van der Waals surface area contributed by atoms with Crippen LogP contribution in [0.4, 0.5) is 5.69 Å². The van der Waals surface area contributed by atoms with Crippen molar-refractivity contribution >= 4 is 22.9 Å². The molecule has 3 rings (SSSR count). The first-order chi connectivity index (χ1) is 12.3. The summed E-state index contributed by atoms with van der Waals surface area (Å²) in [5.41, 5.74) is 3.04. The number of rotatable bonds is 7. The predicted molar refractivity (Wildman–Crippen MR) is 104 cm³/mol. The Hall–Kier alpha value is -2.46. The molecule has 1 aromatic heterocycles. The van der Waals surface area contributed by atoms with Crippen LogP contribution in [0.2, 0.25) is 0 Å². The minimum absolute atomic E-state index is 0.0927. The zero-order valence-electron chi connectivity index (χ0n) is 14.4. The lowest BCUT2D eigenvalue weighted by Gasteiger charge is -2.22. The summed E-state index contributed by atoms with van der Waals surface area (Å²) in [7, 11) is 0. The van der Waals surface area contributed by atoms with Crippen molar-refractivity contribution in [2.24, 2.45) is 0 Å². The molecule has 25 heavy (non-hydrogen) atoms. The number of aryl methyl sites for hydroxylation is 1. The summed E-state index contributed by atoms with van der Waals surface area (Å²) >= 11 is 1.63. The van der Waals surface area contributed by atoms with Crippen molar-refractivity contribution in [3.63, 3.8) is 0 Å². The predicted octanol–water partition coefficient (Wildman–Crippen LogP) is 4.52. The summed E-state index contributed by atoms with van der Waals surface area (Å²) in [6.45, 7) is 2.75. The van der Waals surface area contributed by atoms with Crippen LogP contribution in [0.1, 0.15) is 23.2 Å². The number of thiazole rings is 1. The third-order valence-electron chi connectivity index (χ3n) is 4.07. The Morgan fingerprint density at radius 1 is 1.04 bits per heavy atom. The van der Waals surface area contributed by atoms with Crippen molar-refractivity contribution in [2.75, 3.05) is 11.4 Å². The highest BCUT2D eigenvalue weighted by Crippen LogP contribution is 2.17. The lowest BCUT2D eigenvalue weighted by Crippen LogP contribution is -2.34. The Labute approximate surface area is 153 Å². The summed E-state index contributed by atoms with van der Waals surface area (Å²) in [5, 5.41) is 3.08. The van der Waals surface area contributed by atoms with Crippen LogP contribution in [0.5, 0.6) is 0 Å². The molecule has 0 aliphatic rings. The average molecular weight is 350 g/mol. The maximum absolute atomic E-state index is 12.9. The average Bonchev–Trinajstić information content (AvgIpc) is 3.11. The second-order valence-corrected chi connectivity index (χ2v) is 6.82. The number of benzene rings is 2. The van der Waals surface area contributed by atoms with E-state index < -0.39 is 0 Å². The van der Waals surface area contributed by atoms with Crippen LogP contribution >= 0.6 is 11.3 Å². The van der Waals surface area contributed by atoms with Crippen molar-refractivity contribution in [3.05, 3.63) is 82.3 Å². The summed E-state index contributed by atoms with van der Waals surface area (Å²) in [6.07, 6.45) is 2.09. The molecule has 4 heteroatoms. The van der Waals surface area contributed by atoms with Gasteiger partial charge in [-0.15, -0.1) is 11.3 Å². The smallest absolute Gasteiger partial charge is 0.233 e. The van der Waals surface area contributed by atoms with E-state index in [2.05, 4.69) is 24.0 Å². The van der Waals surface area contributed by atoms with E-state index in [0.717, 1.165) is 29.2 Å². The lowest BCUT2D eigenvalue weighted by molar-refractivity contribution is -0.118. The van der Waals surface area contributed by atoms with Gasteiger partial charge in [-0.3, -0.25) is 4.79 Å².